The number of anilines is 1. The Morgan fingerprint density at radius 3 is 2.89 bits per heavy atom. The maximum atomic E-state index is 11.7. The molecule has 0 spiro atoms. The van der Waals surface area contributed by atoms with Crippen LogP contribution in [0.5, 0.6) is 0 Å². The number of aromatic nitrogens is 1. The van der Waals surface area contributed by atoms with E-state index in [1.54, 1.807) is 0 Å². The molecule has 1 aromatic heterocycles. The number of pyridine rings is 1. The van der Waals surface area contributed by atoms with Gasteiger partial charge in [0.15, 0.2) is 0 Å². The third kappa shape index (κ3) is 4.80. The molecule has 1 rings (SSSR count). The fourth-order valence-electron chi connectivity index (χ4n) is 1.51. The molecule has 1 heterocycles. The van der Waals surface area contributed by atoms with Crippen LogP contribution < -0.4 is 5.32 Å². The number of carbonyl (C=O) groups is 1. The number of nitrogens with zero attached hydrogens (tertiary/aromatic N) is 2. The minimum absolute atomic E-state index is 0.00300. The highest BCUT2D eigenvalue weighted by atomic mass is 35.5. The number of hydrogen-bond donors (Lipinski definition) is 1. The second-order valence-electron chi connectivity index (χ2n) is 4.07. The number of hydrogen-bond acceptors (Lipinski definition) is 5. The number of ether oxygens (including phenoxy) is 1. The van der Waals surface area contributed by atoms with Gasteiger partial charge in [-0.15, -0.1) is 0 Å². The van der Waals surface area contributed by atoms with E-state index in [-0.39, 0.29) is 34.9 Å². The molecule has 0 fully saturated rings. The zero-order valence-corrected chi connectivity index (χ0v) is 11.3. The van der Waals surface area contributed by atoms with Crippen LogP contribution >= 0.6 is 11.6 Å². The van der Waals surface area contributed by atoms with Crippen LogP contribution in [-0.2, 0) is 9.53 Å². The Morgan fingerprint density at radius 2 is 2.32 bits per heavy atom. The Bertz CT molecular complexity index is 481. The van der Waals surface area contributed by atoms with Gasteiger partial charge in [-0.05, 0) is 12.0 Å². The molecule has 1 N–H and O–H groups in total. The fraction of sp³-hybridized carbons (Fsp3) is 0.455. The molecule has 0 aromatic carbocycles. The third-order valence-corrected chi connectivity index (χ3v) is 2.49. The van der Waals surface area contributed by atoms with E-state index in [9.17, 15) is 14.9 Å². The number of nitro groups is 1. The van der Waals surface area contributed by atoms with Crippen molar-refractivity contribution in [2.24, 2.45) is 5.92 Å². The number of carbonyl (C=O) groups excluding carboxylic acids is 1. The standard InChI is InChI=1S/C11H14ClN3O4/c1-7(6-19-2)5-10(16)14-11-8(15(17)18)3-4-9(12)13-11/h3-4,7H,5-6H2,1-2H3,(H,13,14,16). The van der Waals surface area contributed by atoms with Gasteiger partial charge in [-0.2, -0.15) is 0 Å². The molecule has 19 heavy (non-hydrogen) atoms. The lowest BCUT2D eigenvalue weighted by Gasteiger charge is -2.10. The molecule has 0 aliphatic heterocycles. The first-order chi connectivity index (χ1) is 8.93. The molecule has 0 saturated carbocycles. The van der Waals surface area contributed by atoms with Crippen molar-refractivity contribution in [3.05, 3.63) is 27.4 Å². The molecular formula is C11H14ClN3O4. The van der Waals surface area contributed by atoms with Crippen LogP contribution in [0.25, 0.3) is 0 Å². The van der Waals surface area contributed by atoms with Gasteiger partial charge < -0.3 is 10.1 Å². The van der Waals surface area contributed by atoms with Crippen LogP contribution in [0, 0.1) is 16.0 Å². The summed E-state index contributed by atoms with van der Waals surface area (Å²) in [5, 5.41) is 13.3. The zero-order valence-electron chi connectivity index (χ0n) is 10.6. The molecule has 104 valence electrons. The van der Waals surface area contributed by atoms with Crippen molar-refractivity contribution in [1.29, 1.82) is 0 Å². The molecule has 1 amide bonds. The van der Waals surface area contributed by atoms with Crippen molar-refractivity contribution >= 4 is 29.0 Å². The first kappa shape index (κ1) is 15.3. The molecular weight excluding hydrogens is 274 g/mol. The topological polar surface area (TPSA) is 94.4 Å². The summed E-state index contributed by atoms with van der Waals surface area (Å²) in [4.78, 5) is 25.6. The normalized spacial score (nSPS) is 11.9. The smallest absolute Gasteiger partial charge is 0.311 e. The van der Waals surface area contributed by atoms with Crippen molar-refractivity contribution in [1.82, 2.24) is 4.98 Å². The van der Waals surface area contributed by atoms with Gasteiger partial charge in [0.25, 0.3) is 0 Å². The summed E-state index contributed by atoms with van der Waals surface area (Å²) in [5.74, 6) is -0.516. The van der Waals surface area contributed by atoms with E-state index < -0.39 is 4.92 Å². The third-order valence-electron chi connectivity index (χ3n) is 2.28. The fourth-order valence-corrected chi connectivity index (χ4v) is 1.66. The lowest BCUT2D eigenvalue weighted by atomic mass is 10.1. The van der Waals surface area contributed by atoms with Crippen LogP contribution in [0.3, 0.4) is 0 Å². The maximum absolute atomic E-state index is 11.7. The predicted octanol–water partition coefficient (Wildman–Crippen LogP) is 2.25. The van der Waals surface area contributed by atoms with Crippen molar-refractivity contribution in [2.75, 3.05) is 19.0 Å². The summed E-state index contributed by atoms with van der Waals surface area (Å²) in [6.45, 7) is 2.27. The average molecular weight is 288 g/mol. The highest BCUT2D eigenvalue weighted by molar-refractivity contribution is 6.29. The number of methoxy groups -OCH3 is 1. The Hall–Kier alpha value is -1.73. The minimum atomic E-state index is -0.627. The molecule has 1 unspecified atom stereocenters. The van der Waals surface area contributed by atoms with Gasteiger partial charge in [0.2, 0.25) is 11.7 Å². The van der Waals surface area contributed by atoms with Crippen LogP contribution in [0.2, 0.25) is 5.15 Å². The lowest BCUT2D eigenvalue weighted by Crippen LogP contribution is -2.19. The van der Waals surface area contributed by atoms with Crippen molar-refractivity contribution in [2.45, 2.75) is 13.3 Å². The number of halogens is 1. The Labute approximate surface area is 115 Å². The second kappa shape index (κ2) is 7.01. The van der Waals surface area contributed by atoms with E-state index in [0.717, 1.165) is 0 Å². The quantitative estimate of drug-likeness (QED) is 0.492. The summed E-state index contributed by atoms with van der Waals surface area (Å²) in [7, 11) is 1.54. The first-order valence-electron chi connectivity index (χ1n) is 5.53. The second-order valence-corrected chi connectivity index (χ2v) is 4.46. The summed E-state index contributed by atoms with van der Waals surface area (Å²) >= 11 is 5.66. The van der Waals surface area contributed by atoms with Crippen LogP contribution in [0.15, 0.2) is 12.1 Å². The molecule has 0 aliphatic rings. The average Bonchev–Trinajstić information content (AvgIpc) is 2.28. The first-order valence-corrected chi connectivity index (χ1v) is 5.91. The number of rotatable bonds is 6. The molecule has 8 heteroatoms. The summed E-state index contributed by atoms with van der Waals surface area (Å²) < 4.78 is 4.91. The molecule has 0 aliphatic carbocycles. The van der Waals surface area contributed by atoms with Crippen molar-refractivity contribution in [3.8, 4) is 0 Å². The molecule has 7 nitrogen and oxygen atoms in total. The van der Waals surface area contributed by atoms with Gasteiger partial charge in [0.1, 0.15) is 5.15 Å². The SMILES string of the molecule is COCC(C)CC(=O)Nc1nc(Cl)ccc1[N+](=O)[O-]. The van der Waals surface area contributed by atoms with E-state index in [0.29, 0.717) is 6.61 Å². The van der Waals surface area contributed by atoms with Gasteiger partial charge in [0.05, 0.1) is 4.92 Å². The summed E-state index contributed by atoms with van der Waals surface area (Å²) in [6.07, 6.45) is 0.180. The molecule has 0 saturated heterocycles. The van der Waals surface area contributed by atoms with E-state index >= 15 is 0 Å². The van der Waals surface area contributed by atoms with E-state index in [4.69, 9.17) is 16.3 Å². The number of nitrogens with one attached hydrogen (secondary N) is 1. The minimum Gasteiger partial charge on any atom is -0.384 e. The molecule has 1 aromatic rings. The van der Waals surface area contributed by atoms with Gasteiger partial charge in [-0.3, -0.25) is 14.9 Å². The van der Waals surface area contributed by atoms with Gasteiger partial charge in [0, 0.05) is 26.2 Å². The Kier molecular flexibility index (Phi) is 5.65. The molecule has 0 bridgehead atoms. The van der Waals surface area contributed by atoms with Crippen molar-refractivity contribution < 1.29 is 14.5 Å². The van der Waals surface area contributed by atoms with E-state index in [1.807, 2.05) is 6.92 Å². The predicted molar refractivity (Wildman–Crippen MR) is 70.2 cm³/mol. The highest BCUT2D eigenvalue weighted by Gasteiger charge is 2.19. The van der Waals surface area contributed by atoms with Crippen LogP contribution in [-0.4, -0.2) is 29.5 Å². The molecule has 0 radical (unpaired) electrons. The largest absolute Gasteiger partial charge is 0.384 e. The van der Waals surface area contributed by atoms with Crippen molar-refractivity contribution in [3.63, 3.8) is 0 Å². The zero-order chi connectivity index (χ0) is 14.4. The monoisotopic (exact) mass is 287 g/mol. The Balaban J connectivity index is 2.78. The van der Waals surface area contributed by atoms with Crippen LogP contribution in [0.1, 0.15) is 13.3 Å². The lowest BCUT2D eigenvalue weighted by molar-refractivity contribution is -0.384. The van der Waals surface area contributed by atoms with Crippen LogP contribution in [0.4, 0.5) is 11.5 Å². The van der Waals surface area contributed by atoms with Gasteiger partial charge in [-0.1, -0.05) is 18.5 Å². The van der Waals surface area contributed by atoms with Gasteiger partial charge >= 0.3 is 5.69 Å². The maximum Gasteiger partial charge on any atom is 0.311 e. The highest BCUT2D eigenvalue weighted by Crippen LogP contribution is 2.24. The summed E-state index contributed by atoms with van der Waals surface area (Å²) in [6, 6.07) is 2.49. The van der Waals surface area contributed by atoms with E-state index in [1.165, 1.54) is 19.2 Å². The molecule has 1 atom stereocenters. The summed E-state index contributed by atoms with van der Waals surface area (Å²) in [5.41, 5.74) is -0.294. The van der Waals surface area contributed by atoms with E-state index in [2.05, 4.69) is 10.3 Å². The van der Waals surface area contributed by atoms with Gasteiger partial charge in [-0.25, -0.2) is 4.98 Å². The Morgan fingerprint density at radius 1 is 1.63 bits per heavy atom. The number of amides is 1.